The fourth-order valence-electron chi connectivity index (χ4n) is 4.21. The minimum absolute atomic E-state index is 0.0238. The van der Waals surface area contributed by atoms with E-state index in [-0.39, 0.29) is 6.61 Å². The summed E-state index contributed by atoms with van der Waals surface area (Å²) in [7, 11) is 0. The number of rotatable bonds is 7. The van der Waals surface area contributed by atoms with Gasteiger partial charge in [0, 0.05) is 36.3 Å². The van der Waals surface area contributed by atoms with Crippen LogP contribution in [0, 0.1) is 28.6 Å². The van der Waals surface area contributed by atoms with Crippen LogP contribution in [0.3, 0.4) is 0 Å². The Morgan fingerprint density at radius 2 is 2.12 bits per heavy atom. The minimum atomic E-state index is -0.465. The number of aliphatic hydroxyl groups is 1. The first kappa shape index (κ1) is 20.9. The summed E-state index contributed by atoms with van der Waals surface area (Å²) in [4.78, 5) is 9.00. The summed E-state index contributed by atoms with van der Waals surface area (Å²) >= 11 is 0. The van der Waals surface area contributed by atoms with Crippen molar-refractivity contribution < 1.29 is 5.11 Å². The normalized spacial score (nSPS) is 18.8. The first-order valence-electron chi connectivity index (χ1n) is 11.0. The maximum atomic E-state index is 9.95. The standard InChI is InChI=1S/C24H24N8O/c1-24(14-33)13-28-22-17(11-25)8-16(9-19(22)24)20-4-6-27-23(29-20)30-21-10-18(12-26)31-32(21)7-5-15-2-3-15/h4,6,8-10,15,28,33H,2-3,5,7,13-14H2,1H3,(H,27,29,30)/t24-/m1/s1. The van der Waals surface area contributed by atoms with Crippen molar-refractivity contribution in [2.75, 3.05) is 23.8 Å². The highest BCUT2D eigenvalue weighted by molar-refractivity contribution is 5.76. The lowest BCUT2D eigenvalue weighted by atomic mass is 9.83. The SMILES string of the molecule is C[C@]1(CO)CNc2c(C#N)cc(-c3ccnc(Nc4cc(C#N)nn4CCC4CC4)n3)cc21. The molecule has 9 heteroatoms. The number of fused-ring (bicyclic) bond motifs is 1. The van der Waals surface area contributed by atoms with E-state index in [0.717, 1.165) is 35.7 Å². The lowest BCUT2D eigenvalue weighted by Gasteiger charge is -2.21. The predicted molar refractivity (Wildman–Crippen MR) is 123 cm³/mol. The van der Waals surface area contributed by atoms with Gasteiger partial charge in [0.25, 0.3) is 0 Å². The second-order valence-corrected chi connectivity index (χ2v) is 9.00. The highest BCUT2D eigenvalue weighted by Gasteiger charge is 2.36. The first-order chi connectivity index (χ1) is 16.0. The van der Waals surface area contributed by atoms with Gasteiger partial charge in [-0.25, -0.2) is 14.6 Å². The average molecular weight is 441 g/mol. The number of aliphatic hydroxyl groups excluding tert-OH is 1. The van der Waals surface area contributed by atoms with Crippen LogP contribution in [0.25, 0.3) is 11.3 Å². The number of aromatic nitrogens is 4. The molecular formula is C24H24N8O. The first-order valence-corrected chi connectivity index (χ1v) is 11.0. The van der Waals surface area contributed by atoms with Crippen LogP contribution in [0.2, 0.25) is 0 Å². The zero-order valence-corrected chi connectivity index (χ0v) is 18.3. The molecule has 0 saturated heterocycles. The predicted octanol–water partition coefficient (Wildman–Crippen LogP) is 3.30. The number of hydrogen-bond donors (Lipinski definition) is 3. The van der Waals surface area contributed by atoms with Gasteiger partial charge in [-0.3, -0.25) is 0 Å². The number of nitriles is 2. The topological polar surface area (TPSA) is 135 Å². The quantitative estimate of drug-likeness (QED) is 0.509. The van der Waals surface area contributed by atoms with E-state index in [2.05, 4.69) is 37.8 Å². The zero-order chi connectivity index (χ0) is 23.0. The van der Waals surface area contributed by atoms with E-state index in [1.165, 1.54) is 12.8 Å². The Morgan fingerprint density at radius 1 is 1.27 bits per heavy atom. The number of benzene rings is 1. The third-order valence-electron chi connectivity index (χ3n) is 6.45. The van der Waals surface area contributed by atoms with Gasteiger partial charge in [0.1, 0.15) is 18.0 Å². The molecule has 1 aliphatic heterocycles. The zero-order valence-electron chi connectivity index (χ0n) is 18.3. The van der Waals surface area contributed by atoms with Crippen LogP contribution >= 0.6 is 0 Å². The van der Waals surface area contributed by atoms with Gasteiger partial charge >= 0.3 is 0 Å². The molecule has 3 heterocycles. The molecule has 0 bridgehead atoms. The molecule has 166 valence electrons. The molecule has 1 aromatic carbocycles. The Bertz CT molecular complexity index is 1300. The summed E-state index contributed by atoms with van der Waals surface area (Å²) in [6.45, 7) is 3.25. The maximum Gasteiger partial charge on any atom is 0.228 e. The molecule has 0 amide bonds. The molecule has 2 aromatic heterocycles. The van der Waals surface area contributed by atoms with Crippen LogP contribution in [0.4, 0.5) is 17.5 Å². The summed E-state index contributed by atoms with van der Waals surface area (Å²) in [6.07, 6.45) is 5.21. The summed E-state index contributed by atoms with van der Waals surface area (Å²) in [5.74, 6) is 1.81. The summed E-state index contributed by atoms with van der Waals surface area (Å²) in [5, 5.41) is 39.7. The lowest BCUT2D eigenvalue weighted by molar-refractivity contribution is 0.219. The maximum absolute atomic E-state index is 9.95. The van der Waals surface area contributed by atoms with Crippen LogP contribution in [-0.4, -0.2) is 38.0 Å². The van der Waals surface area contributed by atoms with Crippen LogP contribution in [0.5, 0.6) is 0 Å². The smallest absolute Gasteiger partial charge is 0.228 e. The van der Waals surface area contributed by atoms with Crippen LogP contribution in [0.15, 0.2) is 30.5 Å². The third-order valence-corrected chi connectivity index (χ3v) is 6.45. The molecule has 1 saturated carbocycles. The Kier molecular flexibility index (Phi) is 5.20. The number of hydrogen-bond acceptors (Lipinski definition) is 8. The van der Waals surface area contributed by atoms with E-state index in [1.807, 2.05) is 13.0 Å². The highest BCUT2D eigenvalue weighted by Crippen LogP contribution is 2.41. The van der Waals surface area contributed by atoms with Gasteiger partial charge < -0.3 is 15.7 Å². The Hall–Kier alpha value is -3.95. The van der Waals surface area contributed by atoms with Gasteiger partial charge in [-0.15, -0.1) is 0 Å². The fraction of sp³-hybridized carbons (Fsp3) is 0.375. The van der Waals surface area contributed by atoms with Crippen molar-refractivity contribution in [1.82, 2.24) is 19.7 Å². The molecule has 1 atom stereocenters. The molecule has 0 unspecified atom stereocenters. The van der Waals surface area contributed by atoms with E-state index in [4.69, 9.17) is 0 Å². The van der Waals surface area contributed by atoms with Gasteiger partial charge in [0.05, 0.1) is 23.6 Å². The van der Waals surface area contributed by atoms with Crippen molar-refractivity contribution in [2.24, 2.45) is 5.92 Å². The van der Waals surface area contributed by atoms with Gasteiger partial charge in [-0.2, -0.15) is 15.6 Å². The minimum Gasteiger partial charge on any atom is -0.395 e. The fourth-order valence-corrected chi connectivity index (χ4v) is 4.21. The second-order valence-electron chi connectivity index (χ2n) is 9.00. The molecule has 1 fully saturated rings. The van der Waals surface area contributed by atoms with Gasteiger partial charge in [-0.05, 0) is 36.1 Å². The molecule has 9 nitrogen and oxygen atoms in total. The second kappa shape index (κ2) is 8.19. The Labute approximate surface area is 191 Å². The molecule has 0 radical (unpaired) electrons. The van der Waals surface area contributed by atoms with Gasteiger partial charge in [0.15, 0.2) is 5.69 Å². The number of aryl methyl sites for hydroxylation is 1. The molecule has 0 spiro atoms. The van der Waals surface area contributed by atoms with Crippen molar-refractivity contribution in [3.8, 4) is 23.4 Å². The van der Waals surface area contributed by atoms with E-state index in [9.17, 15) is 15.6 Å². The Morgan fingerprint density at radius 3 is 2.85 bits per heavy atom. The van der Waals surface area contributed by atoms with E-state index >= 15 is 0 Å². The van der Waals surface area contributed by atoms with Gasteiger partial charge in [0.2, 0.25) is 5.95 Å². The van der Waals surface area contributed by atoms with E-state index < -0.39 is 5.41 Å². The molecule has 5 rings (SSSR count). The van der Waals surface area contributed by atoms with Crippen molar-refractivity contribution in [2.45, 2.75) is 38.1 Å². The lowest BCUT2D eigenvalue weighted by Crippen LogP contribution is -2.28. The van der Waals surface area contributed by atoms with Crippen molar-refractivity contribution >= 4 is 17.5 Å². The number of nitrogens with one attached hydrogen (secondary N) is 2. The summed E-state index contributed by atoms with van der Waals surface area (Å²) in [5.41, 5.74) is 3.51. The molecule has 2 aliphatic rings. The van der Waals surface area contributed by atoms with E-state index in [0.29, 0.717) is 35.3 Å². The number of nitrogens with zero attached hydrogens (tertiary/aromatic N) is 6. The van der Waals surface area contributed by atoms with E-state index in [1.54, 1.807) is 29.1 Å². The molecule has 3 aromatic rings. The van der Waals surface area contributed by atoms with Crippen LogP contribution < -0.4 is 10.6 Å². The Balaban J connectivity index is 1.46. The van der Waals surface area contributed by atoms with Crippen LogP contribution in [-0.2, 0) is 12.0 Å². The monoisotopic (exact) mass is 440 g/mol. The average Bonchev–Trinajstić information content (AvgIpc) is 3.51. The largest absolute Gasteiger partial charge is 0.395 e. The molecule has 1 aliphatic carbocycles. The van der Waals surface area contributed by atoms with Crippen LogP contribution in [0.1, 0.15) is 43.0 Å². The van der Waals surface area contributed by atoms with Crippen molar-refractivity contribution in [1.29, 1.82) is 10.5 Å². The van der Waals surface area contributed by atoms with Crippen molar-refractivity contribution in [3.05, 3.63) is 47.3 Å². The summed E-state index contributed by atoms with van der Waals surface area (Å²) < 4.78 is 1.80. The number of anilines is 3. The molecule has 33 heavy (non-hydrogen) atoms. The third kappa shape index (κ3) is 3.99. The molecular weight excluding hydrogens is 416 g/mol. The highest BCUT2D eigenvalue weighted by atomic mass is 16.3. The summed E-state index contributed by atoms with van der Waals surface area (Å²) in [6, 6.07) is 11.6. The molecule has 3 N–H and O–H groups in total. The van der Waals surface area contributed by atoms with Gasteiger partial charge in [-0.1, -0.05) is 19.8 Å². The van der Waals surface area contributed by atoms with Crippen molar-refractivity contribution in [3.63, 3.8) is 0 Å².